The molecule has 0 spiro atoms. The molecule has 0 amide bonds. The van der Waals surface area contributed by atoms with Crippen molar-refractivity contribution in [1.82, 2.24) is 14.5 Å². The molecule has 104 valence electrons. The van der Waals surface area contributed by atoms with Gasteiger partial charge in [0.05, 0.1) is 5.39 Å². The average molecular weight is 390 g/mol. The second kappa shape index (κ2) is 6.66. The van der Waals surface area contributed by atoms with Crippen LogP contribution in [-0.2, 0) is 11.5 Å². The summed E-state index contributed by atoms with van der Waals surface area (Å²) in [6.07, 6.45) is 3.65. The van der Waals surface area contributed by atoms with Crippen molar-refractivity contribution in [2.45, 2.75) is 25.9 Å². The van der Waals surface area contributed by atoms with Crippen LogP contribution in [0, 0.1) is 3.57 Å². The summed E-state index contributed by atoms with van der Waals surface area (Å²) in [5.41, 5.74) is 0.922. The van der Waals surface area contributed by atoms with Crippen LogP contribution in [-0.4, -0.2) is 37.0 Å². The molecule has 0 aromatic carbocycles. The fraction of sp³-hybridized carbons (Fsp3) is 0.500. The molecule has 0 saturated heterocycles. The second-order valence-corrected chi connectivity index (χ2v) is 9.36. The molecule has 2 heterocycles. The lowest BCUT2D eigenvalue weighted by Crippen LogP contribution is -2.08. The molecule has 1 N–H and O–H groups in total. The van der Waals surface area contributed by atoms with E-state index in [9.17, 15) is 0 Å². The predicted molar refractivity (Wildman–Crippen MR) is 89.4 cm³/mol. The Bertz CT molecular complexity index is 558. The van der Waals surface area contributed by atoms with E-state index in [1.54, 1.807) is 6.33 Å². The normalized spacial score (nSPS) is 11.4. The highest BCUT2D eigenvalue weighted by molar-refractivity contribution is 14.1. The van der Waals surface area contributed by atoms with Crippen molar-refractivity contribution >= 4 is 48.2 Å². The molecule has 7 heteroatoms. The standard InChI is InChI=1S/C12H19IN4OSi/c1-14-11-10-9(13)6-17(12(10)16-7-15-11)8-18-4-5-19(2)3/h6-7,19H,4-5,8H2,1-3H3,(H,14,15,16). The first kappa shape index (κ1) is 14.7. The predicted octanol–water partition coefficient (Wildman–Crippen LogP) is 2.54. The Kier molecular flexibility index (Phi) is 5.17. The number of rotatable bonds is 6. The quantitative estimate of drug-likeness (QED) is 0.468. The van der Waals surface area contributed by atoms with Crippen molar-refractivity contribution in [3.63, 3.8) is 0 Å². The van der Waals surface area contributed by atoms with Crippen LogP contribution < -0.4 is 5.32 Å². The second-order valence-electron chi connectivity index (χ2n) is 4.84. The van der Waals surface area contributed by atoms with E-state index >= 15 is 0 Å². The average Bonchev–Trinajstić information content (AvgIpc) is 2.72. The molecule has 0 saturated carbocycles. The third kappa shape index (κ3) is 3.45. The van der Waals surface area contributed by atoms with Gasteiger partial charge in [0.1, 0.15) is 24.5 Å². The lowest BCUT2D eigenvalue weighted by Gasteiger charge is -2.08. The molecule has 2 aromatic rings. The van der Waals surface area contributed by atoms with Gasteiger partial charge in [-0.1, -0.05) is 13.1 Å². The largest absolute Gasteiger partial charge is 0.372 e. The summed E-state index contributed by atoms with van der Waals surface area (Å²) in [5.74, 6) is 0.864. The summed E-state index contributed by atoms with van der Waals surface area (Å²) in [5, 5.41) is 4.16. The van der Waals surface area contributed by atoms with Crippen LogP contribution in [0.1, 0.15) is 0 Å². The van der Waals surface area contributed by atoms with Crippen molar-refractivity contribution in [2.75, 3.05) is 19.0 Å². The number of anilines is 1. The maximum absolute atomic E-state index is 5.74. The fourth-order valence-corrected chi connectivity index (χ4v) is 3.32. The van der Waals surface area contributed by atoms with Crippen LogP contribution in [0.15, 0.2) is 12.5 Å². The molecule has 2 aromatic heterocycles. The number of halogens is 1. The number of hydrogen-bond donors (Lipinski definition) is 1. The van der Waals surface area contributed by atoms with E-state index in [1.807, 2.05) is 11.6 Å². The van der Waals surface area contributed by atoms with Gasteiger partial charge in [-0.2, -0.15) is 0 Å². The van der Waals surface area contributed by atoms with Crippen LogP contribution in [0.4, 0.5) is 5.82 Å². The number of hydrogen-bond acceptors (Lipinski definition) is 4. The molecule has 19 heavy (non-hydrogen) atoms. The highest BCUT2D eigenvalue weighted by Crippen LogP contribution is 2.26. The van der Waals surface area contributed by atoms with Gasteiger partial charge in [0.15, 0.2) is 0 Å². The van der Waals surface area contributed by atoms with Crippen molar-refractivity contribution < 1.29 is 4.74 Å². The van der Waals surface area contributed by atoms with Gasteiger partial charge in [0.2, 0.25) is 0 Å². The van der Waals surface area contributed by atoms with Gasteiger partial charge in [-0.05, 0) is 28.6 Å². The summed E-state index contributed by atoms with van der Waals surface area (Å²) < 4.78 is 8.92. The van der Waals surface area contributed by atoms with Crippen molar-refractivity contribution in [3.8, 4) is 0 Å². The van der Waals surface area contributed by atoms with Gasteiger partial charge in [0.25, 0.3) is 0 Å². The first-order valence-electron chi connectivity index (χ1n) is 6.38. The molecule has 0 atom stereocenters. The van der Waals surface area contributed by atoms with E-state index < -0.39 is 8.80 Å². The van der Waals surface area contributed by atoms with Gasteiger partial charge >= 0.3 is 0 Å². The highest BCUT2D eigenvalue weighted by Gasteiger charge is 2.12. The number of nitrogens with zero attached hydrogens (tertiary/aromatic N) is 3. The molecule has 0 aliphatic rings. The SMILES string of the molecule is CNc1ncnc2c1c(I)cn2COCC[SiH](C)C. The number of nitrogens with one attached hydrogen (secondary N) is 1. The van der Waals surface area contributed by atoms with Crippen LogP contribution in [0.5, 0.6) is 0 Å². The van der Waals surface area contributed by atoms with Gasteiger partial charge in [0, 0.05) is 32.2 Å². The molecule has 0 unspecified atom stereocenters. The summed E-state index contributed by atoms with van der Waals surface area (Å²) in [7, 11) is 1.35. The summed E-state index contributed by atoms with van der Waals surface area (Å²) >= 11 is 2.31. The molecule has 0 aliphatic heterocycles. The topological polar surface area (TPSA) is 52.0 Å². The van der Waals surface area contributed by atoms with E-state index in [4.69, 9.17) is 4.74 Å². The Hall–Kier alpha value is -0.673. The monoisotopic (exact) mass is 390 g/mol. The fourth-order valence-electron chi connectivity index (χ4n) is 1.85. The third-order valence-electron chi connectivity index (χ3n) is 2.91. The van der Waals surface area contributed by atoms with Crippen LogP contribution in [0.2, 0.25) is 19.1 Å². The van der Waals surface area contributed by atoms with E-state index in [2.05, 4.69) is 57.2 Å². The van der Waals surface area contributed by atoms with E-state index in [0.29, 0.717) is 6.73 Å². The lowest BCUT2D eigenvalue weighted by atomic mass is 10.4. The third-order valence-corrected chi connectivity index (χ3v) is 5.12. The summed E-state index contributed by atoms with van der Waals surface area (Å²) in [4.78, 5) is 8.60. The van der Waals surface area contributed by atoms with Crippen molar-refractivity contribution in [3.05, 3.63) is 16.1 Å². The molecule has 0 bridgehead atoms. The van der Waals surface area contributed by atoms with Gasteiger partial charge < -0.3 is 14.6 Å². The van der Waals surface area contributed by atoms with Crippen molar-refractivity contribution in [1.29, 1.82) is 0 Å². The number of aromatic nitrogens is 3. The van der Waals surface area contributed by atoms with Crippen LogP contribution in [0.3, 0.4) is 0 Å². The van der Waals surface area contributed by atoms with E-state index in [1.165, 1.54) is 6.04 Å². The van der Waals surface area contributed by atoms with Crippen LogP contribution in [0.25, 0.3) is 11.0 Å². The number of ether oxygens (including phenoxy) is 1. The maximum Gasteiger partial charge on any atom is 0.148 e. The zero-order valence-electron chi connectivity index (χ0n) is 11.5. The molecule has 0 radical (unpaired) electrons. The molecule has 0 fully saturated rings. The Labute approximate surface area is 128 Å². The van der Waals surface area contributed by atoms with E-state index in [0.717, 1.165) is 27.0 Å². The molecule has 0 aliphatic carbocycles. The van der Waals surface area contributed by atoms with Gasteiger partial charge in [-0.25, -0.2) is 9.97 Å². The van der Waals surface area contributed by atoms with Gasteiger partial charge in [-0.3, -0.25) is 0 Å². The first-order valence-corrected chi connectivity index (χ1v) is 10.6. The Morgan fingerprint density at radius 1 is 1.42 bits per heavy atom. The highest BCUT2D eigenvalue weighted by atomic mass is 127. The molecular weight excluding hydrogens is 371 g/mol. The Morgan fingerprint density at radius 2 is 2.21 bits per heavy atom. The Morgan fingerprint density at radius 3 is 2.89 bits per heavy atom. The van der Waals surface area contributed by atoms with Crippen LogP contribution >= 0.6 is 22.6 Å². The molecular formula is C12H19IN4OSi. The zero-order valence-corrected chi connectivity index (χ0v) is 14.8. The zero-order chi connectivity index (χ0) is 13.8. The Balaban J connectivity index is 2.16. The smallest absolute Gasteiger partial charge is 0.148 e. The maximum atomic E-state index is 5.74. The molecule has 2 rings (SSSR count). The number of fused-ring (bicyclic) bond motifs is 1. The minimum atomic E-state index is -0.525. The van der Waals surface area contributed by atoms with E-state index in [-0.39, 0.29) is 0 Å². The summed E-state index contributed by atoms with van der Waals surface area (Å²) in [6.45, 7) is 6.07. The van der Waals surface area contributed by atoms with Crippen molar-refractivity contribution in [2.24, 2.45) is 0 Å². The molecule has 5 nitrogen and oxygen atoms in total. The lowest BCUT2D eigenvalue weighted by molar-refractivity contribution is 0.0901. The summed E-state index contributed by atoms with van der Waals surface area (Å²) in [6, 6.07) is 1.22. The first-order chi connectivity index (χ1) is 9.13. The minimum Gasteiger partial charge on any atom is -0.372 e. The van der Waals surface area contributed by atoms with Gasteiger partial charge in [-0.15, -0.1) is 0 Å². The minimum absolute atomic E-state index is 0.525.